The number of benzene rings is 1. The summed E-state index contributed by atoms with van der Waals surface area (Å²) in [7, 11) is 6.59. The van der Waals surface area contributed by atoms with E-state index < -0.39 is 119 Å². The Morgan fingerprint density at radius 3 is 2.30 bits per heavy atom. The zero-order chi connectivity index (χ0) is 60.8. The van der Waals surface area contributed by atoms with Crippen molar-refractivity contribution in [2.75, 3.05) is 60.6 Å². The van der Waals surface area contributed by atoms with Crippen LogP contribution in [-0.4, -0.2) is 204 Å². The molecule has 0 radical (unpaired) electrons. The first kappa shape index (κ1) is 67.1. The minimum Gasteiger partial charge on any atom is -0.477 e. The molecule has 5 heterocycles. The van der Waals surface area contributed by atoms with Gasteiger partial charge in [0.1, 0.15) is 29.0 Å². The van der Waals surface area contributed by atoms with Gasteiger partial charge in [0.25, 0.3) is 0 Å². The monoisotopic (exact) mass is 1180 g/mol. The van der Waals surface area contributed by atoms with Gasteiger partial charge in [-0.2, -0.15) is 0 Å². The lowest BCUT2D eigenvalue weighted by Gasteiger charge is -2.49. The molecule has 0 aliphatic carbocycles. The maximum atomic E-state index is 14.7. The van der Waals surface area contributed by atoms with E-state index in [1.165, 1.54) is 39.1 Å². The van der Waals surface area contributed by atoms with Crippen LogP contribution >= 0.6 is 11.8 Å². The lowest BCUT2D eigenvalue weighted by Crippen LogP contribution is -2.61. The minimum atomic E-state index is -2.02. The molecular weight excluding hydrogens is 1090 g/mol. The van der Waals surface area contributed by atoms with Crippen LogP contribution in [0.4, 0.5) is 4.79 Å². The molecule has 3 fully saturated rings. The van der Waals surface area contributed by atoms with Gasteiger partial charge in [-0.05, 0) is 112 Å². The van der Waals surface area contributed by atoms with Crippen LogP contribution in [0.15, 0.2) is 33.2 Å². The summed E-state index contributed by atoms with van der Waals surface area (Å²) in [6.45, 7) is 19.2. The second-order valence-corrected chi connectivity index (χ2v) is 25.0. The zero-order valence-electron chi connectivity index (χ0n) is 50.4. The fraction of sp³-hybridized carbons (Fsp3) is 0.776. The number of hydrogen-bond donors (Lipinski definition) is 6. The van der Waals surface area contributed by atoms with E-state index in [1.54, 1.807) is 61.5 Å². The summed E-state index contributed by atoms with van der Waals surface area (Å²) in [6, 6.07) is 3.47. The number of aryl methyl sites for hydroxylation is 1. The molecule has 3 saturated heterocycles. The number of cyclic esters (lactones) is 1. The number of oxime groups is 1. The van der Waals surface area contributed by atoms with E-state index in [0.717, 1.165) is 28.8 Å². The maximum absolute atomic E-state index is 14.7. The van der Waals surface area contributed by atoms with Crippen molar-refractivity contribution in [2.45, 2.75) is 210 Å². The topological polar surface area (TPSA) is 294 Å². The number of likely N-dealkylation sites (N-methyl/N-ethyl adjacent to an activating group) is 1. The van der Waals surface area contributed by atoms with Crippen molar-refractivity contribution in [2.24, 2.45) is 28.8 Å². The highest BCUT2D eigenvalue weighted by molar-refractivity contribution is 7.99. The van der Waals surface area contributed by atoms with Gasteiger partial charge >= 0.3 is 18.0 Å². The number of thioether (sulfide) groups is 1. The number of carboxylic acids is 1. The fourth-order valence-corrected chi connectivity index (χ4v) is 13.3. The summed E-state index contributed by atoms with van der Waals surface area (Å²) in [6.07, 6.45) is -8.15. The second kappa shape index (κ2) is 28.5. The van der Waals surface area contributed by atoms with Crippen LogP contribution in [0.3, 0.4) is 0 Å². The number of aromatic carboxylic acids is 1. The number of ether oxygens (including phenoxy) is 9. The van der Waals surface area contributed by atoms with Gasteiger partial charge in [-0.1, -0.05) is 32.9 Å². The van der Waals surface area contributed by atoms with Crippen LogP contribution in [0.25, 0.3) is 10.9 Å². The van der Waals surface area contributed by atoms with E-state index in [0.29, 0.717) is 24.2 Å². The SMILES string of the molecule is CC[C@H]1OC(=O)[C@H](C)[C@@H](O[C@H]2C[C@@](C)(OC)[C@@H](OC(=O)NCCOCCSc3cc4c5c(c3)c(=O)c(C(=O)O)cn5C(C)CC4)[C@H](C)O2)[C@H](C)[C@@H](OC2O[C@H](C)C[C@H](N(C)C)[C@H]2O)[C@](C)(O)C[C@@H](C)/C(=N\OCOC)[C@H](C)[C@@H](O)[C@]1(C)O. The fourth-order valence-electron chi connectivity index (χ4n) is 12.5. The third kappa shape index (κ3) is 15.3. The predicted molar refractivity (Wildman–Crippen MR) is 304 cm³/mol. The summed E-state index contributed by atoms with van der Waals surface area (Å²) >= 11 is 1.48. The van der Waals surface area contributed by atoms with Gasteiger partial charge in [0.2, 0.25) is 12.2 Å². The van der Waals surface area contributed by atoms with Gasteiger partial charge < -0.3 is 87.8 Å². The number of aliphatic hydroxyl groups is 4. The first-order valence-corrected chi connectivity index (χ1v) is 29.6. The average molecular weight is 1180 g/mol. The van der Waals surface area contributed by atoms with Crippen LogP contribution < -0.4 is 10.7 Å². The Kier molecular flexibility index (Phi) is 23.3. The van der Waals surface area contributed by atoms with Crippen LogP contribution in [0, 0.1) is 23.7 Å². The van der Waals surface area contributed by atoms with Crippen molar-refractivity contribution >= 4 is 46.4 Å². The smallest absolute Gasteiger partial charge is 0.407 e. The molecule has 6 N–H and O–H groups in total. The highest BCUT2D eigenvalue weighted by Crippen LogP contribution is 2.42. The number of carbonyl (C=O) groups is 3. The normalized spacial score (nSPS) is 37.3. The Hall–Kier alpha value is -4.02. The van der Waals surface area contributed by atoms with Crippen LogP contribution in [0.5, 0.6) is 0 Å². The Bertz CT molecular complexity index is 2580. The van der Waals surface area contributed by atoms with Crippen molar-refractivity contribution in [1.29, 1.82) is 0 Å². The molecule has 1 aromatic heterocycles. The third-order valence-corrected chi connectivity index (χ3v) is 18.1. The van der Waals surface area contributed by atoms with Crippen molar-refractivity contribution in [3.8, 4) is 0 Å². The molecule has 0 bridgehead atoms. The van der Waals surface area contributed by atoms with Gasteiger partial charge in [-0.25, -0.2) is 9.59 Å². The van der Waals surface area contributed by atoms with Gasteiger partial charge in [0.15, 0.2) is 18.7 Å². The number of carboxylic acid groups (broad SMARTS) is 1. The molecule has 19 atom stereocenters. The number of esters is 1. The van der Waals surface area contributed by atoms with Gasteiger partial charge in [-0.3, -0.25) is 9.59 Å². The molecule has 4 aliphatic rings. The molecule has 2 unspecified atom stereocenters. The molecule has 23 nitrogen and oxygen atoms in total. The number of pyridine rings is 1. The summed E-state index contributed by atoms with van der Waals surface area (Å²) in [5, 5.41) is 66.0. The first-order chi connectivity index (χ1) is 38.5. The van der Waals surface area contributed by atoms with Crippen LogP contribution in [0.1, 0.15) is 130 Å². The third-order valence-electron chi connectivity index (χ3n) is 17.1. The number of hydrogen-bond acceptors (Lipinski definition) is 21. The second-order valence-electron chi connectivity index (χ2n) is 23.8. The summed E-state index contributed by atoms with van der Waals surface area (Å²) in [5.41, 5.74) is -3.79. The minimum absolute atomic E-state index is 0.0185. The predicted octanol–water partition coefficient (Wildman–Crippen LogP) is 5.26. The van der Waals surface area contributed by atoms with Crippen LogP contribution in [-0.2, 0) is 58.7 Å². The number of methoxy groups -OCH3 is 2. The highest BCUT2D eigenvalue weighted by atomic mass is 32.2. The molecule has 464 valence electrons. The number of nitrogens with one attached hydrogen (secondary N) is 1. The molecule has 1 aromatic carbocycles. The van der Waals surface area contributed by atoms with E-state index in [-0.39, 0.29) is 68.7 Å². The lowest BCUT2D eigenvalue weighted by atomic mass is 9.73. The highest BCUT2D eigenvalue weighted by Gasteiger charge is 2.54. The van der Waals surface area contributed by atoms with Crippen molar-refractivity contribution < 1.29 is 87.4 Å². The van der Waals surface area contributed by atoms with E-state index in [4.69, 9.17) is 47.5 Å². The van der Waals surface area contributed by atoms with E-state index >= 15 is 0 Å². The molecule has 82 heavy (non-hydrogen) atoms. The van der Waals surface area contributed by atoms with Crippen molar-refractivity contribution in [3.05, 3.63) is 39.7 Å². The summed E-state index contributed by atoms with van der Waals surface area (Å²) < 4.78 is 57.5. The number of aromatic nitrogens is 1. The van der Waals surface area contributed by atoms with E-state index in [9.17, 15) is 44.7 Å². The standard InChI is InChI=1S/C58H92N4O19S/c1-16-42-58(11,71)49(65)33(5)44(60-75-29-72-14)30(2)26-56(9,70)50(80-54-47(64)41(61(12)13)23-32(4)76-54)34(6)48(35(7)53(68)78-42)79-43-27-57(10,73-15)51(36(8)77-43)81-55(69)59-19-20-74-21-22-82-38-24-37-18-17-31(3)62-28-40(52(66)67)46(63)39(25-38)45(37)62/h24-25,28,30-36,41-43,47-51,54,64-65,70-71H,16-23,26-27,29H2,1-15H3,(H,59,69)(H,66,67)/b60-44+/t30-,31?,32-,33+,34+,35-,36+,41+,42-,43+,47-,48+,49-,50-,51+,54?,56-,57-,58-/m1/s1. The van der Waals surface area contributed by atoms with E-state index in [2.05, 4.69) is 10.5 Å². The Morgan fingerprint density at radius 2 is 1.66 bits per heavy atom. The molecule has 6 rings (SSSR count). The molecular formula is C58H92N4O19S. The zero-order valence-corrected chi connectivity index (χ0v) is 51.3. The molecule has 1 amide bonds. The Balaban J connectivity index is 1.18. The quantitative estimate of drug-likeness (QED) is 0.0344. The Morgan fingerprint density at radius 1 is 0.951 bits per heavy atom. The van der Waals surface area contributed by atoms with Gasteiger partial charge in [0.05, 0.1) is 66.5 Å². The number of carbonyl (C=O) groups excluding carboxylic acids is 2. The molecule has 2 aromatic rings. The van der Waals surface area contributed by atoms with E-state index in [1.807, 2.05) is 43.5 Å². The first-order valence-electron chi connectivity index (χ1n) is 28.6. The maximum Gasteiger partial charge on any atom is 0.407 e. The number of rotatable bonds is 19. The van der Waals surface area contributed by atoms with Crippen molar-refractivity contribution in [3.63, 3.8) is 0 Å². The summed E-state index contributed by atoms with van der Waals surface area (Å²) in [4.78, 5) is 61.4. The average Bonchev–Trinajstić information content (AvgIpc) is 3.62. The number of nitrogens with zero attached hydrogens (tertiary/aromatic N) is 3. The Labute approximate surface area is 485 Å². The molecule has 4 aliphatic heterocycles. The van der Waals surface area contributed by atoms with Gasteiger partial charge in [0, 0.05) is 79.3 Å². The largest absolute Gasteiger partial charge is 0.477 e. The number of alkyl carbamates (subject to hydrolysis) is 1. The molecule has 24 heteroatoms. The summed E-state index contributed by atoms with van der Waals surface area (Å²) in [5.74, 6) is -5.17. The lowest BCUT2D eigenvalue weighted by molar-refractivity contribution is -0.317. The molecule has 0 saturated carbocycles. The number of aliphatic hydroxyl groups excluding tert-OH is 2. The van der Waals surface area contributed by atoms with Gasteiger partial charge in [-0.15, -0.1) is 11.8 Å². The molecule has 0 spiro atoms. The number of amides is 1. The van der Waals surface area contributed by atoms with Crippen molar-refractivity contribution in [1.82, 2.24) is 14.8 Å². The van der Waals surface area contributed by atoms with Crippen LogP contribution in [0.2, 0.25) is 0 Å².